The minimum Gasteiger partial charge on any atom is -0.384 e. The highest BCUT2D eigenvalue weighted by molar-refractivity contribution is 4.96. The molecule has 0 aromatic carbocycles. The van der Waals surface area contributed by atoms with Crippen molar-refractivity contribution in [2.75, 3.05) is 40.5 Å². The van der Waals surface area contributed by atoms with Crippen LogP contribution in [0.1, 0.15) is 33.1 Å². The number of methoxy groups -OCH3 is 2. The summed E-state index contributed by atoms with van der Waals surface area (Å²) in [6, 6.07) is 0. The van der Waals surface area contributed by atoms with Crippen LogP contribution in [0.4, 0.5) is 0 Å². The molecule has 96 valence electrons. The number of hydrogen-bond acceptors (Lipinski definition) is 3. The zero-order valence-electron chi connectivity index (χ0n) is 11.3. The van der Waals surface area contributed by atoms with E-state index in [4.69, 9.17) is 9.47 Å². The first kappa shape index (κ1) is 13.9. The maximum atomic E-state index is 5.36. The van der Waals surface area contributed by atoms with E-state index in [0.29, 0.717) is 11.5 Å². The predicted octanol–water partition coefficient (Wildman–Crippen LogP) is 2.16. The fourth-order valence-electron chi connectivity index (χ4n) is 2.44. The highest BCUT2D eigenvalue weighted by Crippen LogP contribution is 2.46. The molecule has 1 atom stereocenters. The van der Waals surface area contributed by atoms with Crippen LogP contribution in [-0.4, -0.2) is 51.5 Å². The van der Waals surface area contributed by atoms with Crippen LogP contribution in [0.3, 0.4) is 0 Å². The summed E-state index contributed by atoms with van der Waals surface area (Å²) >= 11 is 0. The first-order valence-electron chi connectivity index (χ1n) is 6.52. The van der Waals surface area contributed by atoms with Gasteiger partial charge in [-0.05, 0) is 19.3 Å². The van der Waals surface area contributed by atoms with Gasteiger partial charge in [-0.25, -0.2) is 0 Å². The maximum absolute atomic E-state index is 5.36. The van der Waals surface area contributed by atoms with Gasteiger partial charge in [0.15, 0.2) is 0 Å². The van der Waals surface area contributed by atoms with E-state index in [-0.39, 0.29) is 0 Å². The molecule has 1 heterocycles. The Morgan fingerprint density at radius 1 is 1.25 bits per heavy atom. The average Bonchev–Trinajstić information content (AvgIpc) is 2.91. The molecule has 0 amide bonds. The molecule has 1 saturated heterocycles. The molecule has 0 bridgehead atoms. The molecule has 1 saturated carbocycles. The van der Waals surface area contributed by atoms with Crippen molar-refractivity contribution in [3.63, 3.8) is 0 Å². The molecule has 2 aliphatic rings. The maximum Gasteiger partial charge on any atom is 0.0710 e. The van der Waals surface area contributed by atoms with E-state index in [0.717, 1.165) is 13.2 Å². The summed E-state index contributed by atoms with van der Waals surface area (Å²) in [5, 5.41) is 0. The molecule has 16 heavy (non-hydrogen) atoms. The van der Waals surface area contributed by atoms with Crippen molar-refractivity contribution in [3.05, 3.63) is 0 Å². The van der Waals surface area contributed by atoms with Crippen molar-refractivity contribution < 1.29 is 9.47 Å². The lowest BCUT2D eigenvalue weighted by atomic mass is 10.1. The number of rotatable bonds is 5. The van der Waals surface area contributed by atoms with Gasteiger partial charge in [0.1, 0.15) is 0 Å². The van der Waals surface area contributed by atoms with E-state index in [2.05, 4.69) is 4.90 Å². The molecule has 0 aromatic rings. The van der Waals surface area contributed by atoms with Gasteiger partial charge < -0.3 is 14.4 Å². The molecule has 1 aliphatic heterocycles. The Kier molecular flexibility index (Phi) is 5.73. The Morgan fingerprint density at radius 2 is 1.94 bits per heavy atom. The third-order valence-electron chi connectivity index (χ3n) is 3.53. The smallest absolute Gasteiger partial charge is 0.0710 e. The first-order valence-corrected chi connectivity index (χ1v) is 6.52. The van der Waals surface area contributed by atoms with Gasteiger partial charge >= 0.3 is 0 Å². The summed E-state index contributed by atoms with van der Waals surface area (Å²) in [5.74, 6) is 0. The Labute approximate surface area is 100 Å². The van der Waals surface area contributed by atoms with Crippen LogP contribution in [0, 0.1) is 5.41 Å². The molecule has 0 N–H and O–H groups in total. The van der Waals surface area contributed by atoms with Crippen LogP contribution in [0.5, 0.6) is 0 Å². The molecular weight excluding hydrogens is 202 g/mol. The third-order valence-corrected chi connectivity index (χ3v) is 3.53. The number of ether oxygens (including phenoxy) is 2. The molecule has 2 fully saturated rings. The summed E-state index contributed by atoms with van der Waals surface area (Å²) in [6.45, 7) is 8.45. The van der Waals surface area contributed by atoms with Gasteiger partial charge in [0.25, 0.3) is 0 Å². The van der Waals surface area contributed by atoms with E-state index in [9.17, 15) is 0 Å². The summed E-state index contributed by atoms with van der Waals surface area (Å²) < 4.78 is 10.6. The number of nitrogens with zero attached hydrogens (tertiary/aromatic N) is 1. The van der Waals surface area contributed by atoms with Gasteiger partial charge in [0.2, 0.25) is 0 Å². The SMILES string of the molecule is CC.COCC1(CN2CCC(OC)C2)CC1. The summed E-state index contributed by atoms with van der Waals surface area (Å²) in [6.07, 6.45) is 4.34. The van der Waals surface area contributed by atoms with Crippen LogP contribution in [0.2, 0.25) is 0 Å². The second kappa shape index (κ2) is 6.58. The van der Waals surface area contributed by atoms with Crippen molar-refractivity contribution in [1.82, 2.24) is 4.90 Å². The molecule has 0 radical (unpaired) electrons. The zero-order chi connectivity index (χ0) is 12.0. The molecule has 1 aliphatic carbocycles. The van der Waals surface area contributed by atoms with Crippen molar-refractivity contribution in [2.45, 2.75) is 39.2 Å². The Morgan fingerprint density at radius 3 is 2.38 bits per heavy atom. The standard InChI is InChI=1S/C11H21NO2.C2H6/c1-13-9-11(4-5-11)8-12-6-3-10(7-12)14-2;1-2/h10H,3-9H2,1-2H3;1-2H3. The normalized spacial score (nSPS) is 27.4. The average molecular weight is 229 g/mol. The highest BCUT2D eigenvalue weighted by atomic mass is 16.5. The van der Waals surface area contributed by atoms with Gasteiger partial charge in [0, 0.05) is 39.3 Å². The van der Waals surface area contributed by atoms with E-state index in [1.54, 1.807) is 0 Å². The lowest BCUT2D eigenvalue weighted by Crippen LogP contribution is -2.31. The fourth-order valence-corrected chi connectivity index (χ4v) is 2.44. The minimum atomic E-state index is 0.466. The lowest BCUT2D eigenvalue weighted by molar-refractivity contribution is 0.0905. The first-order chi connectivity index (χ1) is 7.78. The summed E-state index contributed by atoms with van der Waals surface area (Å²) in [4.78, 5) is 2.53. The second-order valence-corrected chi connectivity index (χ2v) is 4.81. The largest absolute Gasteiger partial charge is 0.384 e. The van der Waals surface area contributed by atoms with Crippen LogP contribution < -0.4 is 0 Å². The summed E-state index contributed by atoms with van der Waals surface area (Å²) in [7, 11) is 3.62. The van der Waals surface area contributed by atoms with Gasteiger partial charge in [-0.2, -0.15) is 0 Å². The molecule has 0 spiro atoms. The van der Waals surface area contributed by atoms with E-state index in [1.165, 1.54) is 32.4 Å². The highest BCUT2D eigenvalue weighted by Gasteiger charge is 2.44. The molecule has 0 aromatic heterocycles. The van der Waals surface area contributed by atoms with E-state index >= 15 is 0 Å². The Bertz CT molecular complexity index is 192. The van der Waals surface area contributed by atoms with Crippen molar-refractivity contribution in [3.8, 4) is 0 Å². The quantitative estimate of drug-likeness (QED) is 0.721. The molecule has 2 rings (SSSR count). The van der Waals surface area contributed by atoms with Crippen LogP contribution in [-0.2, 0) is 9.47 Å². The van der Waals surface area contributed by atoms with Gasteiger partial charge in [-0.1, -0.05) is 13.8 Å². The van der Waals surface area contributed by atoms with Crippen LogP contribution in [0.15, 0.2) is 0 Å². The lowest BCUT2D eigenvalue weighted by Gasteiger charge is -2.22. The van der Waals surface area contributed by atoms with E-state index < -0.39 is 0 Å². The van der Waals surface area contributed by atoms with Gasteiger partial charge in [-0.15, -0.1) is 0 Å². The van der Waals surface area contributed by atoms with Gasteiger partial charge in [-0.3, -0.25) is 0 Å². The molecule has 3 nitrogen and oxygen atoms in total. The molecular formula is C13H27NO2. The molecule has 1 unspecified atom stereocenters. The predicted molar refractivity (Wildman–Crippen MR) is 66.7 cm³/mol. The Hall–Kier alpha value is -0.120. The monoisotopic (exact) mass is 229 g/mol. The zero-order valence-corrected chi connectivity index (χ0v) is 11.3. The van der Waals surface area contributed by atoms with E-state index in [1.807, 2.05) is 28.1 Å². The minimum absolute atomic E-state index is 0.466. The number of hydrogen-bond donors (Lipinski definition) is 0. The number of likely N-dealkylation sites (tertiary alicyclic amines) is 1. The second-order valence-electron chi connectivity index (χ2n) is 4.81. The molecule has 3 heteroatoms. The van der Waals surface area contributed by atoms with Crippen LogP contribution >= 0.6 is 0 Å². The topological polar surface area (TPSA) is 21.7 Å². The van der Waals surface area contributed by atoms with Crippen molar-refractivity contribution in [1.29, 1.82) is 0 Å². The van der Waals surface area contributed by atoms with Gasteiger partial charge in [0.05, 0.1) is 12.7 Å². The third kappa shape index (κ3) is 3.72. The van der Waals surface area contributed by atoms with Crippen LogP contribution in [0.25, 0.3) is 0 Å². The Balaban J connectivity index is 0.000000606. The van der Waals surface area contributed by atoms with Crippen molar-refractivity contribution >= 4 is 0 Å². The van der Waals surface area contributed by atoms with Crippen molar-refractivity contribution in [2.24, 2.45) is 5.41 Å². The summed E-state index contributed by atoms with van der Waals surface area (Å²) in [5.41, 5.74) is 0.497. The fraction of sp³-hybridized carbons (Fsp3) is 1.00.